The maximum atomic E-state index is 12.8. The summed E-state index contributed by atoms with van der Waals surface area (Å²) < 4.78 is 1.61. The summed E-state index contributed by atoms with van der Waals surface area (Å²) in [5.41, 5.74) is 4.44. The van der Waals surface area contributed by atoms with Crippen LogP contribution in [-0.2, 0) is 11.9 Å². The summed E-state index contributed by atoms with van der Waals surface area (Å²) in [6.07, 6.45) is 3.30. The number of aromatic nitrogens is 2. The van der Waals surface area contributed by atoms with Crippen LogP contribution in [-0.4, -0.2) is 9.55 Å². The third-order valence-corrected chi connectivity index (χ3v) is 7.62. The number of fused-ring (bicyclic) bond motifs is 1. The van der Waals surface area contributed by atoms with E-state index in [1.165, 1.54) is 0 Å². The van der Waals surface area contributed by atoms with Crippen molar-refractivity contribution in [3.8, 4) is 11.1 Å². The van der Waals surface area contributed by atoms with E-state index < -0.39 is 4.87 Å². The zero-order valence-corrected chi connectivity index (χ0v) is 21.5. The molecule has 3 nitrogen and oxygen atoms in total. The molecule has 0 radical (unpaired) electrons. The van der Waals surface area contributed by atoms with Crippen molar-refractivity contribution in [3.63, 3.8) is 0 Å². The van der Waals surface area contributed by atoms with Crippen LogP contribution in [0, 0.1) is 0 Å². The maximum Gasteiger partial charge on any atom is 0.251 e. The zero-order chi connectivity index (χ0) is 24.7. The Bertz CT molecular complexity index is 1630. The topological polar surface area (TPSA) is 34.9 Å². The van der Waals surface area contributed by atoms with Crippen LogP contribution in [0.4, 0.5) is 0 Å². The van der Waals surface area contributed by atoms with Crippen LogP contribution in [0.25, 0.3) is 22.0 Å². The van der Waals surface area contributed by atoms with E-state index in [0.717, 1.165) is 33.2 Å². The Hall–Kier alpha value is -2.82. The van der Waals surface area contributed by atoms with Crippen molar-refractivity contribution in [2.45, 2.75) is 4.87 Å². The molecule has 174 valence electrons. The molecule has 3 aromatic carbocycles. The number of halogens is 4. The fourth-order valence-corrected chi connectivity index (χ4v) is 5.36. The third kappa shape index (κ3) is 4.23. The highest BCUT2D eigenvalue weighted by atomic mass is 35.5. The molecule has 0 saturated carbocycles. The molecule has 0 N–H and O–H groups in total. The van der Waals surface area contributed by atoms with Gasteiger partial charge in [0.05, 0.1) is 5.52 Å². The maximum absolute atomic E-state index is 12.8. The van der Waals surface area contributed by atoms with Crippen LogP contribution in [0.5, 0.6) is 0 Å². The molecule has 0 saturated heterocycles. The first kappa shape index (κ1) is 23.9. The van der Waals surface area contributed by atoms with Crippen molar-refractivity contribution in [2.75, 3.05) is 0 Å². The van der Waals surface area contributed by atoms with Crippen molar-refractivity contribution < 1.29 is 0 Å². The fraction of sp³-hybridized carbons (Fsp3) is 0.0714. The van der Waals surface area contributed by atoms with Crippen molar-refractivity contribution in [1.29, 1.82) is 0 Å². The average molecular weight is 540 g/mol. The molecule has 1 unspecified atom stereocenters. The van der Waals surface area contributed by atoms with Gasteiger partial charge in [0.2, 0.25) is 0 Å². The number of pyridine rings is 2. The standard InChI is InChI=1S/C28H18Cl4N2O/c1-34-26-10-7-19(14-23(26)22(15-27(34)35)17-3-2-4-21(30)13-17)28(32,18-5-8-20(29)9-6-18)24-16-33-12-11-25(24)31/h2-16H,1H3. The summed E-state index contributed by atoms with van der Waals surface area (Å²) in [5, 5.41) is 2.52. The largest absolute Gasteiger partial charge is 0.311 e. The first-order valence-electron chi connectivity index (χ1n) is 10.7. The second-order valence-electron chi connectivity index (χ2n) is 8.22. The van der Waals surface area contributed by atoms with Gasteiger partial charge in [-0.1, -0.05) is 65.1 Å². The van der Waals surface area contributed by atoms with Crippen molar-refractivity contribution >= 4 is 57.3 Å². The van der Waals surface area contributed by atoms with Gasteiger partial charge in [-0.25, -0.2) is 0 Å². The molecule has 2 heterocycles. The molecule has 0 bridgehead atoms. The first-order valence-corrected chi connectivity index (χ1v) is 12.3. The van der Waals surface area contributed by atoms with Crippen LogP contribution in [0.3, 0.4) is 0 Å². The minimum Gasteiger partial charge on any atom is -0.311 e. The summed E-state index contributed by atoms with van der Waals surface area (Å²) in [7, 11) is 1.75. The number of alkyl halides is 1. The Morgan fingerprint density at radius 3 is 2.29 bits per heavy atom. The summed E-state index contributed by atoms with van der Waals surface area (Å²) in [4.78, 5) is 15.9. The van der Waals surface area contributed by atoms with Crippen LogP contribution >= 0.6 is 46.4 Å². The monoisotopic (exact) mass is 538 g/mol. The lowest BCUT2D eigenvalue weighted by atomic mass is 9.83. The Morgan fingerprint density at radius 2 is 1.57 bits per heavy atom. The number of nitrogens with zero attached hydrogens (tertiary/aromatic N) is 2. The summed E-state index contributed by atoms with van der Waals surface area (Å²) in [6, 6.07) is 23.9. The molecule has 0 amide bonds. The highest BCUT2D eigenvalue weighted by molar-refractivity contribution is 6.35. The summed E-state index contributed by atoms with van der Waals surface area (Å²) in [5.74, 6) is 0. The van der Waals surface area contributed by atoms with E-state index in [-0.39, 0.29) is 5.56 Å². The molecule has 0 fully saturated rings. The van der Waals surface area contributed by atoms with Crippen molar-refractivity contribution in [3.05, 3.63) is 133 Å². The molecule has 5 aromatic rings. The van der Waals surface area contributed by atoms with Crippen LogP contribution in [0.15, 0.2) is 96.1 Å². The van der Waals surface area contributed by atoms with Crippen molar-refractivity contribution in [1.82, 2.24) is 9.55 Å². The van der Waals surface area contributed by atoms with Gasteiger partial charge in [0.15, 0.2) is 0 Å². The predicted octanol–water partition coefficient (Wildman–Crippen LogP) is 8.09. The fourth-order valence-electron chi connectivity index (χ4n) is 4.36. The molecule has 7 heteroatoms. The minimum atomic E-state index is -1.16. The van der Waals surface area contributed by atoms with Crippen LogP contribution in [0.1, 0.15) is 16.7 Å². The molecular formula is C28H18Cl4N2O. The van der Waals surface area contributed by atoms with Gasteiger partial charge < -0.3 is 4.57 Å². The molecule has 2 aromatic heterocycles. The lowest BCUT2D eigenvalue weighted by Gasteiger charge is -2.30. The number of rotatable bonds is 4. The SMILES string of the molecule is Cn1c(=O)cc(-c2cccc(Cl)c2)c2cc(C(Cl)(c3ccc(Cl)cc3)c3cnccc3Cl)ccc21. The van der Waals surface area contributed by atoms with Gasteiger partial charge in [-0.05, 0) is 64.7 Å². The Labute approximate surface area is 222 Å². The number of hydrogen-bond donors (Lipinski definition) is 0. The lowest BCUT2D eigenvalue weighted by Crippen LogP contribution is -2.24. The second-order valence-corrected chi connectivity index (χ2v) is 10.1. The van der Waals surface area contributed by atoms with Crippen molar-refractivity contribution in [2.24, 2.45) is 7.05 Å². The average Bonchev–Trinajstić information content (AvgIpc) is 2.86. The van der Waals surface area contributed by atoms with E-state index in [1.807, 2.05) is 48.5 Å². The quantitative estimate of drug-likeness (QED) is 0.216. The molecule has 0 aliphatic carbocycles. The van der Waals surface area contributed by atoms with Gasteiger partial charge in [-0.2, -0.15) is 0 Å². The summed E-state index contributed by atoms with van der Waals surface area (Å²) >= 11 is 26.6. The normalized spacial score (nSPS) is 13.1. The third-order valence-electron chi connectivity index (χ3n) is 6.16. The van der Waals surface area contributed by atoms with E-state index in [4.69, 9.17) is 46.4 Å². The van der Waals surface area contributed by atoms with E-state index >= 15 is 0 Å². The van der Waals surface area contributed by atoms with E-state index in [0.29, 0.717) is 20.6 Å². The minimum absolute atomic E-state index is 0.120. The Morgan fingerprint density at radius 1 is 0.829 bits per heavy atom. The van der Waals surface area contributed by atoms with Crippen LogP contribution in [0.2, 0.25) is 15.1 Å². The number of benzene rings is 3. The van der Waals surface area contributed by atoms with Gasteiger partial charge in [0.1, 0.15) is 4.87 Å². The molecule has 35 heavy (non-hydrogen) atoms. The highest BCUT2D eigenvalue weighted by Crippen LogP contribution is 2.46. The molecule has 0 aliphatic heterocycles. The second kappa shape index (κ2) is 9.33. The molecule has 5 rings (SSSR count). The number of hydrogen-bond acceptors (Lipinski definition) is 2. The highest BCUT2D eigenvalue weighted by Gasteiger charge is 2.36. The van der Waals surface area contributed by atoms with Crippen LogP contribution < -0.4 is 5.56 Å². The number of aryl methyl sites for hydroxylation is 1. The first-order chi connectivity index (χ1) is 16.8. The lowest BCUT2D eigenvalue weighted by molar-refractivity contribution is 0.868. The van der Waals surface area contributed by atoms with E-state index in [2.05, 4.69) is 4.98 Å². The zero-order valence-electron chi connectivity index (χ0n) is 18.5. The Kier molecular flexibility index (Phi) is 6.37. The van der Waals surface area contributed by atoms with E-state index in [1.54, 1.807) is 54.3 Å². The van der Waals surface area contributed by atoms with Gasteiger partial charge in [-0.3, -0.25) is 9.78 Å². The van der Waals surface area contributed by atoms with Gasteiger partial charge >= 0.3 is 0 Å². The van der Waals surface area contributed by atoms with Gasteiger partial charge in [0, 0.05) is 51.5 Å². The Balaban J connectivity index is 1.85. The van der Waals surface area contributed by atoms with Gasteiger partial charge in [0.25, 0.3) is 5.56 Å². The predicted molar refractivity (Wildman–Crippen MR) is 146 cm³/mol. The smallest absolute Gasteiger partial charge is 0.251 e. The molecular weight excluding hydrogens is 522 g/mol. The molecule has 1 atom stereocenters. The summed E-state index contributed by atoms with van der Waals surface area (Å²) in [6.45, 7) is 0. The van der Waals surface area contributed by atoms with Gasteiger partial charge in [-0.15, -0.1) is 11.6 Å². The van der Waals surface area contributed by atoms with E-state index in [9.17, 15) is 4.79 Å². The molecule has 0 spiro atoms. The molecule has 0 aliphatic rings.